The quantitative estimate of drug-likeness (QED) is 0.743. The van der Waals surface area contributed by atoms with Gasteiger partial charge in [0.1, 0.15) is 0 Å². The summed E-state index contributed by atoms with van der Waals surface area (Å²) in [7, 11) is 0. The minimum atomic E-state index is 0.547. The van der Waals surface area contributed by atoms with Crippen molar-refractivity contribution in [2.24, 2.45) is 10.8 Å². The Kier molecular flexibility index (Phi) is 3.36. The average molecular weight is 210 g/mol. The van der Waals surface area contributed by atoms with E-state index in [-0.39, 0.29) is 0 Å². The largest absolute Gasteiger partial charge is 0.317 e. The van der Waals surface area contributed by atoms with Gasteiger partial charge in [0.2, 0.25) is 0 Å². The fraction of sp³-hybridized carbons (Fsp3) is 1.00. The van der Waals surface area contributed by atoms with Gasteiger partial charge >= 0.3 is 0 Å². The minimum Gasteiger partial charge on any atom is -0.317 e. The molecule has 0 amide bonds. The van der Waals surface area contributed by atoms with Crippen molar-refractivity contribution < 1.29 is 0 Å². The lowest BCUT2D eigenvalue weighted by atomic mass is 9.70. The second-order valence-corrected chi connectivity index (χ2v) is 6.33. The molecule has 1 heterocycles. The van der Waals surface area contributed by atoms with Crippen LogP contribution in [0.5, 0.6) is 0 Å². The first-order valence-electron chi connectivity index (χ1n) is 6.54. The molecule has 1 saturated heterocycles. The highest BCUT2D eigenvalue weighted by Crippen LogP contribution is 2.39. The Bertz CT molecular complexity index is 203. The molecule has 2 aliphatic rings. The van der Waals surface area contributed by atoms with Gasteiger partial charge in [-0.15, -0.1) is 0 Å². The number of hydrogen-bond acceptors (Lipinski definition) is 2. The van der Waals surface area contributed by atoms with E-state index in [1.54, 1.807) is 0 Å². The van der Waals surface area contributed by atoms with Crippen molar-refractivity contribution in [3.8, 4) is 0 Å². The van der Waals surface area contributed by atoms with E-state index in [1.165, 1.54) is 58.3 Å². The van der Waals surface area contributed by atoms with Gasteiger partial charge in [0.05, 0.1) is 0 Å². The van der Waals surface area contributed by atoms with Gasteiger partial charge < -0.3 is 10.6 Å². The van der Waals surface area contributed by atoms with E-state index < -0.39 is 0 Å². The van der Waals surface area contributed by atoms with Gasteiger partial charge in [-0.2, -0.15) is 0 Å². The molecule has 2 nitrogen and oxygen atoms in total. The van der Waals surface area contributed by atoms with E-state index in [2.05, 4.69) is 24.5 Å². The minimum absolute atomic E-state index is 0.547. The predicted molar refractivity (Wildman–Crippen MR) is 65.0 cm³/mol. The first kappa shape index (κ1) is 11.4. The lowest BCUT2D eigenvalue weighted by molar-refractivity contribution is 0.140. The van der Waals surface area contributed by atoms with Crippen molar-refractivity contribution >= 4 is 0 Å². The molecular formula is C13H26N2. The molecule has 0 radical (unpaired) electrons. The Morgan fingerprint density at radius 3 is 1.93 bits per heavy atom. The molecule has 2 N–H and O–H groups in total. The fourth-order valence-corrected chi connectivity index (χ4v) is 2.83. The Morgan fingerprint density at radius 2 is 1.47 bits per heavy atom. The normalized spacial score (nSPS) is 28.4. The van der Waals surface area contributed by atoms with Crippen LogP contribution in [0.1, 0.15) is 46.0 Å². The van der Waals surface area contributed by atoms with Crippen LogP contribution in [0.4, 0.5) is 0 Å². The number of hydrogen-bond donors (Lipinski definition) is 2. The van der Waals surface area contributed by atoms with Gasteiger partial charge in [-0.1, -0.05) is 20.3 Å². The summed E-state index contributed by atoms with van der Waals surface area (Å²) in [5.74, 6) is 0. The first-order valence-corrected chi connectivity index (χ1v) is 6.54. The van der Waals surface area contributed by atoms with Crippen molar-refractivity contribution in [1.29, 1.82) is 0 Å². The summed E-state index contributed by atoms with van der Waals surface area (Å²) < 4.78 is 0. The standard InChI is InChI=1S/C13H26N2/c1-12(4-3-5-12)10-15-11-13(2)6-8-14-9-7-13/h14-15H,3-11H2,1-2H3. The second kappa shape index (κ2) is 4.42. The van der Waals surface area contributed by atoms with Gasteiger partial charge in [-0.25, -0.2) is 0 Å². The first-order chi connectivity index (χ1) is 7.12. The molecule has 1 aliphatic carbocycles. The highest BCUT2D eigenvalue weighted by molar-refractivity contribution is 4.88. The zero-order valence-electron chi connectivity index (χ0n) is 10.4. The molecule has 2 rings (SSSR count). The smallest absolute Gasteiger partial charge is 0.000634 e. The maximum absolute atomic E-state index is 3.71. The summed E-state index contributed by atoms with van der Waals surface area (Å²) in [4.78, 5) is 0. The molecule has 2 heteroatoms. The Labute approximate surface area is 94.2 Å². The summed E-state index contributed by atoms with van der Waals surface area (Å²) in [5.41, 5.74) is 1.18. The van der Waals surface area contributed by atoms with Crippen LogP contribution < -0.4 is 10.6 Å². The van der Waals surface area contributed by atoms with Crippen molar-refractivity contribution in [3.05, 3.63) is 0 Å². The van der Waals surface area contributed by atoms with Crippen LogP contribution >= 0.6 is 0 Å². The molecule has 88 valence electrons. The Balaban J connectivity index is 1.67. The zero-order valence-corrected chi connectivity index (χ0v) is 10.4. The van der Waals surface area contributed by atoms with E-state index in [0.29, 0.717) is 10.8 Å². The molecule has 0 aromatic rings. The maximum Gasteiger partial charge on any atom is 0.000634 e. The van der Waals surface area contributed by atoms with Crippen LogP contribution in [0.3, 0.4) is 0 Å². The molecule has 0 unspecified atom stereocenters. The highest BCUT2D eigenvalue weighted by Gasteiger charge is 2.32. The lowest BCUT2D eigenvalue weighted by Gasteiger charge is -2.41. The van der Waals surface area contributed by atoms with Gasteiger partial charge in [0.25, 0.3) is 0 Å². The van der Waals surface area contributed by atoms with Crippen molar-refractivity contribution in [2.75, 3.05) is 26.2 Å². The van der Waals surface area contributed by atoms with Crippen molar-refractivity contribution in [1.82, 2.24) is 10.6 Å². The summed E-state index contributed by atoms with van der Waals surface area (Å²) in [6, 6.07) is 0. The maximum atomic E-state index is 3.71. The predicted octanol–water partition coefficient (Wildman–Crippen LogP) is 2.16. The van der Waals surface area contributed by atoms with Gasteiger partial charge in [-0.05, 0) is 49.6 Å². The SMILES string of the molecule is CC1(CNCC2(C)CCNCC2)CCC1. The third-order valence-electron chi connectivity index (χ3n) is 4.47. The van der Waals surface area contributed by atoms with Crippen LogP contribution in [0, 0.1) is 10.8 Å². The molecule has 0 atom stereocenters. The van der Waals surface area contributed by atoms with E-state index in [1.807, 2.05) is 0 Å². The molecule has 15 heavy (non-hydrogen) atoms. The van der Waals surface area contributed by atoms with Crippen LogP contribution in [-0.4, -0.2) is 26.2 Å². The molecule has 0 aromatic heterocycles. The van der Waals surface area contributed by atoms with Crippen LogP contribution in [0.25, 0.3) is 0 Å². The second-order valence-electron chi connectivity index (χ2n) is 6.33. The Hall–Kier alpha value is -0.0800. The lowest BCUT2D eigenvalue weighted by Crippen LogP contribution is -2.45. The summed E-state index contributed by atoms with van der Waals surface area (Å²) in [6.45, 7) is 9.71. The number of rotatable bonds is 4. The third kappa shape index (κ3) is 2.94. The summed E-state index contributed by atoms with van der Waals surface area (Å²) >= 11 is 0. The monoisotopic (exact) mass is 210 g/mol. The number of piperidine rings is 1. The molecule has 1 aliphatic heterocycles. The van der Waals surface area contributed by atoms with Gasteiger partial charge in [-0.3, -0.25) is 0 Å². The topological polar surface area (TPSA) is 24.1 Å². The molecule has 1 saturated carbocycles. The fourth-order valence-electron chi connectivity index (χ4n) is 2.83. The molecule has 0 bridgehead atoms. The third-order valence-corrected chi connectivity index (χ3v) is 4.47. The van der Waals surface area contributed by atoms with Crippen LogP contribution in [-0.2, 0) is 0 Å². The van der Waals surface area contributed by atoms with Gasteiger partial charge in [0, 0.05) is 13.1 Å². The summed E-state index contributed by atoms with van der Waals surface area (Å²) in [6.07, 6.45) is 6.96. The van der Waals surface area contributed by atoms with Crippen molar-refractivity contribution in [2.45, 2.75) is 46.0 Å². The number of nitrogens with one attached hydrogen (secondary N) is 2. The van der Waals surface area contributed by atoms with Crippen LogP contribution in [0.15, 0.2) is 0 Å². The Morgan fingerprint density at radius 1 is 0.933 bits per heavy atom. The molecule has 0 aromatic carbocycles. The van der Waals surface area contributed by atoms with Crippen molar-refractivity contribution in [3.63, 3.8) is 0 Å². The summed E-state index contributed by atoms with van der Waals surface area (Å²) in [5, 5.41) is 7.15. The average Bonchev–Trinajstić information content (AvgIpc) is 2.16. The van der Waals surface area contributed by atoms with Crippen LogP contribution in [0.2, 0.25) is 0 Å². The zero-order chi connectivity index (χ0) is 10.8. The van der Waals surface area contributed by atoms with E-state index in [4.69, 9.17) is 0 Å². The van der Waals surface area contributed by atoms with E-state index >= 15 is 0 Å². The van der Waals surface area contributed by atoms with E-state index in [0.717, 1.165) is 0 Å². The van der Waals surface area contributed by atoms with Gasteiger partial charge in [0.15, 0.2) is 0 Å². The molecule has 2 fully saturated rings. The molecular weight excluding hydrogens is 184 g/mol. The molecule has 0 spiro atoms. The highest BCUT2D eigenvalue weighted by atomic mass is 14.9. The van der Waals surface area contributed by atoms with E-state index in [9.17, 15) is 0 Å².